The molecule has 5 heteroatoms. The average molecular weight is 198 g/mol. The van der Waals surface area contributed by atoms with E-state index in [0.29, 0.717) is 5.17 Å². The molecule has 2 N–H and O–H groups in total. The smallest absolute Gasteiger partial charge is 0.266 e. The summed E-state index contributed by atoms with van der Waals surface area (Å²) in [6.45, 7) is 0. The predicted molar refractivity (Wildman–Crippen MR) is 51.3 cm³/mol. The molecule has 62 valence electrons. The van der Waals surface area contributed by atoms with Gasteiger partial charge in [0, 0.05) is 4.88 Å². The molecule has 1 aromatic rings. The molecule has 0 bridgehead atoms. The maximum Gasteiger partial charge on any atom is 0.266 e. The number of nitrogens with two attached hydrogens (primary N) is 1. The van der Waals surface area contributed by atoms with Crippen molar-refractivity contribution in [2.45, 2.75) is 5.25 Å². The molecule has 0 radical (unpaired) electrons. The van der Waals surface area contributed by atoms with Crippen LogP contribution in [0.2, 0.25) is 0 Å². The number of thioether (sulfide) groups is 1. The SMILES string of the molecule is NC1=NC(=O)C(c2cccs2)S1. The minimum absolute atomic E-state index is 0.139. The van der Waals surface area contributed by atoms with E-state index in [9.17, 15) is 4.79 Å². The van der Waals surface area contributed by atoms with Crippen LogP contribution < -0.4 is 5.73 Å². The van der Waals surface area contributed by atoms with Gasteiger partial charge in [-0.1, -0.05) is 17.8 Å². The molecule has 2 heterocycles. The first-order valence-electron chi connectivity index (χ1n) is 3.35. The number of aliphatic imine (C=N–C) groups is 1. The topological polar surface area (TPSA) is 55.4 Å². The summed E-state index contributed by atoms with van der Waals surface area (Å²) < 4.78 is 0. The fourth-order valence-corrected chi connectivity index (χ4v) is 2.72. The third kappa shape index (κ3) is 1.25. The fraction of sp³-hybridized carbons (Fsp3) is 0.143. The first-order chi connectivity index (χ1) is 5.77. The van der Waals surface area contributed by atoms with Crippen molar-refractivity contribution in [1.82, 2.24) is 0 Å². The number of hydrogen-bond acceptors (Lipinski definition) is 4. The molecule has 3 nitrogen and oxygen atoms in total. The van der Waals surface area contributed by atoms with Crippen molar-refractivity contribution in [1.29, 1.82) is 0 Å². The zero-order valence-corrected chi connectivity index (χ0v) is 7.69. The number of hydrogen-bond donors (Lipinski definition) is 1. The fourth-order valence-electron chi connectivity index (χ4n) is 0.985. The Labute approximate surface area is 77.7 Å². The molecule has 0 spiro atoms. The molecular weight excluding hydrogens is 192 g/mol. The molecule has 0 saturated heterocycles. The van der Waals surface area contributed by atoms with Gasteiger partial charge in [0.1, 0.15) is 5.25 Å². The van der Waals surface area contributed by atoms with Gasteiger partial charge in [-0.2, -0.15) is 4.99 Å². The highest BCUT2D eigenvalue weighted by Crippen LogP contribution is 2.36. The van der Waals surface area contributed by atoms with Crippen molar-refractivity contribution in [2.75, 3.05) is 0 Å². The minimum atomic E-state index is -0.190. The molecule has 1 atom stereocenters. The number of amides is 1. The van der Waals surface area contributed by atoms with Gasteiger partial charge in [0.05, 0.1) is 0 Å². The molecule has 12 heavy (non-hydrogen) atoms. The van der Waals surface area contributed by atoms with E-state index in [1.165, 1.54) is 11.8 Å². The Morgan fingerprint density at radius 1 is 1.58 bits per heavy atom. The monoisotopic (exact) mass is 198 g/mol. The molecule has 1 unspecified atom stereocenters. The predicted octanol–water partition coefficient (Wildman–Crippen LogP) is 1.38. The summed E-state index contributed by atoms with van der Waals surface area (Å²) in [6, 6.07) is 3.84. The van der Waals surface area contributed by atoms with Crippen molar-refractivity contribution in [3.8, 4) is 0 Å². The zero-order valence-electron chi connectivity index (χ0n) is 6.06. The summed E-state index contributed by atoms with van der Waals surface area (Å²) >= 11 is 2.88. The summed E-state index contributed by atoms with van der Waals surface area (Å²) in [5.41, 5.74) is 5.42. The second-order valence-corrected chi connectivity index (χ2v) is 4.41. The largest absolute Gasteiger partial charge is 0.378 e. The number of thiophene rings is 1. The van der Waals surface area contributed by atoms with E-state index in [4.69, 9.17) is 5.73 Å². The first-order valence-corrected chi connectivity index (χ1v) is 5.11. The van der Waals surface area contributed by atoms with Crippen molar-refractivity contribution in [3.05, 3.63) is 22.4 Å². The number of carbonyl (C=O) groups is 1. The summed E-state index contributed by atoms with van der Waals surface area (Å²) in [5.74, 6) is -0.139. The van der Waals surface area contributed by atoms with Crippen LogP contribution in [0.15, 0.2) is 22.5 Å². The molecule has 0 aliphatic carbocycles. The van der Waals surface area contributed by atoms with Crippen LogP contribution in [0.4, 0.5) is 0 Å². The van der Waals surface area contributed by atoms with Crippen molar-refractivity contribution >= 4 is 34.2 Å². The number of amidine groups is 1. The normalized spacial score (nSPS) is 22.8. The van der Waals surface area contributed by atoms with Gasteiger partial charge in [0.25, 0.3) is 5.91 Å². The lowest BCUT2D eigenvalue weighted by atomic mass is 10.3. The van der Waals surface area contributed by atoms with Crippen LogP contribution in [-0.2, 0) is 4.79 Å². The summed E-state index contributed by atoms with van der Waals surface area (Å²) in [4.78, 5) is 15.9. The number of nitrogens with zero attached hydrogens (tertiary/aromatic N) is 1. The Bertz CT molecular complexity index is 331. The molecule has 0 fully saturated rings. The lowest BCUT2D eigenvalue weighted by Gasteiger charge is -2.00. The second kappa shape index (κ2) is 2.91. The standard InChI is InChI=1S/C7H6N2OS2/c8-7-9-6(10)5(12-7)4-2-1-3-11-4/h1-3,5H,(H2,8,9,10). The van der Waals surface area contributed by atoms with E-state index in [2.05, 4.69) is 4.99 Å². The van der Waals surface area contributed by atoms with E-state index >= 15 is 0 Å². The van der Waals surface area contributed by atoms with Gasteiger partial charge in [-0.05, 0) is 11.4 Å². The molecule has 1 aliphatic heterocycles. The Morgan fingerprint density at radius 2 is 2.42 bits per heavy atom. The molecule has 0 saturated carbocycles. The van der Waals surface area contributed by atoms with E-state index < -0.39 is 0 Å². The number of carbonyl (C=O) groups excluding carboxylic acids is 1. The summed E-state index contributed by atoms with van der Waals surface area (Å²) in [6.07, 6.45) is 0. The van der Waals surface area contributed by atoms with Crippen molar-refractivity contribution in [2.24, 2.45) is 10.7 Å². The molecule has 1 aliphatic rings. The van der Waals surface area contributed by atoms with Crippen LogP contribution in [0, 0.1) is 0 Å². The number of rotatable bonds is 1. The van der Waals surface area contributed by atoms with Crippen molar-refractivity contribution < 1.29 is 4.79 Å². The average Bonchev–Trinajstić information content (AvgIpc) is 2.58. The van der Waals surface area contributed by atoms with Gasteiger partial charge in [0.2, 0.25) is 0 Å². The van der Waals surface area contributed by atoms with Gasteiger partial charge in [0.15, 0.2) is 5.17 Å². The third-order valence-electron chi connectivity index (χ3n) is 1.48. The van der Waals surface area contributed by atoms with Crippen LogP contribution in [0.1, 0.15) is 10.1 Å². The third-order valence-corrected chi connectivity index (χ3v) is 3.60. The Kier molecular flexibility index (Phi) is 1.90. The zero-order chi connectivity index (χ0) is 8.55. The van der Waals surface area contributed by atoms with Gasteiger partial charge in [-0.15, -0.1) is 11.3 Å². The van der Waals surface area contributed by atoms with Crippen LogP contribution in [0.25, 0.3) is 0 Å². The van der Waals surface area contributed by atoms with Gasteiger partial charge in [-0.25, -0.2) is 0 Å². The van der Waals surface area contributed by atoms with Crippen molar-refractivity contribution in [3.63, 3.8) is 0 Å². The van der Waals surface area contributed by atoms with Gasteiger partial charge >= 0.3 is 0 Å². The van der Waals surface area contributed by atoms with Crippen LogP contribution in [0.5, 0.6) is 0 Å². The van der Waals surface area contributed by atoms with Gasteiger partial charge < -0.3 is 5.73 Å². The first kappa shape index (κ1) is 7.82. The highest BCUT2D eigenvalue weighted by atomic mass is 32.2. The maximum atomic E-state index is 11.2. The molecular formula is C7H6N2OS2. The second-order valence-electron chi connectivity index (χ2n) is 2.30. The molecule has 0 aromatic carbocycles. The Hall–Kier alpha value is -0.810. The molecule has 2 rings (SSSR count). The summed E-state index contributed by atoms with van der Waals surface area (Å²) in [5, 5.41) is 2.13. The maximum absolute atomic E-state index is 11.2. The van der Waals surface area contributed by atoms with Crippen LogP contribution in [0.3, 0.4) is 0 Å². The van der Waals surface area contributed by atoms with Crippen LogP contribution >= 0.6 is 23.1 Å². The highest BCUT2D eigenvalue weighted by Gasteiger charge is 2.28. The van der Waals surface area contributed by atoms with E-state index in [-0.39, 0.29) is 11.2 Å². The lowest BCUT2D eigenvalue weighted by Crippen LogP contribution is -2.01. The summed E-state index contributed by atoms with van der Waals surface area (Å²) in [7, 11) is 0. The highest BCUT2D eigenvalue weighted by molar-refractivity contribution is 8.15. The van der Waals surface area contributed by atoms with Gasteiger partial charge in [-0.3, -0.25) is 4.79 Å². The van der Waals surface area contributed by atoms with E-state index in [0.717, 1.165) is 4.88 Å². The Morgan fingerprint density at radius 3 is 2.92 bits per heavy atom. The lowest BCUT2D eigenvalue weighted by molar-refractivity contribution is -0.117. The molecule has 1 amide bonds. The molecule has 1 aromatic heterocycles. The minimum Gasteiger partial charge on any atom is -0.378 e. The van der Waals surface area contributed by atoms with Crippen LogP contribution in [-0.4, -0.2) is 11.1 Å². The Balaban J connectivity index is 2.25. The quantitative estimate of drug-likeness (QED) is 0.741. The van der Waals surface area contributed by atoms with E-state index in [1.54, 1.807) is 11.3 Å². The van der Waals surface area contributed by atoms with E-state index in [1.807, 2.05) is 17.5 Å².